The summed E-state index contributed by atoms with van der Waals surface area (Å²) in [4.78, 5) is 26.0. The smallest absolute Gasteiger partial charge is 0.363 e. The number of nitro benzene ring substituents is 1. The van der Waals surface area contributed by atoms with Crippen molar-refractivity contribution in [2.75, 3.05) is 23.3 Å². The van der Waals surface area contributed by atoms with Crippen molar-refractivity contribution < 1.29 is 18.1 Å². The molecule has 3 heterocycles. The fourth-order valence-electron chi connectivity index (χ4n) is 3.83. The van der Waals surface area contributed by atoms with E-state index in [0.29, 0.717) is 28.7 Å². The Hall–Kier alpha value is -3.02. The van der Waals surface area contributed by atoms with Gasteiger partial charge in [-0.15, -0.1) is 0 Å². The van der Waals surface area contributed by atoms with Crippen molar-refractivity contribution in [1.29, 1.82) is 0 Å². The third-order valence-electron chi connectivity index (χ3n) is 5.47. The summed E-state index contributed by atoms with van der Waals surface area (Å²) in [7, 11) is 0. The van der Waals surface area contributed by atoms with E-state index in [1.165, 1.54) is 0 Å². The number of hydrogen-bond acceptors (Lipinski definition) is 7. The van der Waals surface area contributed by atoms with Gasteiger partial charge in [0, 0.05) is 25.2 Å². The van der Waals surface area contributed by atoms with E-state index in [2.05, 4.69) is 36.1 Å². The zero-order valence-corrected chi connectivity index (χ0v) is 19.4. The second kappa shape index (κ2) is 8.73. The lowest BCUT2D eigenvalue weighted by atomic mass is 10.0. The average Bonchev–Trinajstić information content (AvgIpc) is 3.27. The van der Waals surface area contributed by atoms with Gasteiger partial charge in [-0.25, -0.2) is 15.0 Å². The lowest BCUT2D eigenvalue weighted by Crippen LogP contribution is -2.20. The zero-order valence-electron chi connectivity index (χ0n) is 17.8. The highest BCUT2D eigenvalue weighted by Gasteiger charge is 2.33. The molecule has 4 rings (SSSR count). The molecule has 0 aliphatic carbocycles. The second-order valence-corrected chi connectivity index (χ2v) is 8.77. The molecule has 0 saturated carbocycles. The summed E-state index contributed by atoms with van der Waals surface area (Å²) in [6, 6.07) is 3.68. The van der Waals surface area contributed by atoms with E-state index in [0.717, 1.165) is 48.4 Å². The van der Waals surface area contributed by atoms with Crippen molar-refractivity contribution in [2.24, 2.45) is 0 Å². The van der Waals surface area contributed by atoms with E-state index in [4.69, 9.17) is 4.98 Å². The van der Waals surface area contributed by atoms with Crippen molar-refractivity contribution in [3.63, 3.8) is 0 Å². The second-order valence-electron chi connectivity index (χ2n) is 7.91. The van der Waals surface area contributed by atoms with Crippen LogP contribution in [0.5, 0.6) is 0 Å². The number of aryl methyl sites for hydroxylation is 1. The predicted molar refractivity (Wildman–Crippen MR) is 121 cm³/mol. The molecular formula is C21H20BrF3N6O2. The highest BCUT2D eigenvalue weighted by molar-refractivity contribution is 9.10. The normalized spacial score (nSPS) is 15.2. The minimum absolute atomic E-state index is 0.113. The van der Waals surface area contributed by atoms with Crippen LogP contribution >= 0.6 is 15.9 Å². The molecule has 12 heteroatoms. The Bertz CT molecular complexity index is 1230. The van der Waals surface area contributed by atoms with Crippen LogP contribution < -0.4 is 10.2 Å². The molecule has 1 saturated heterocycles. The summed E-state index contributed by atoms with van der Waals surface area (Å²) in [5.74, 6) is 1.60. The van der Waals surface area contributed by atoms with Crippen LogP contribution in [0.15, 0.2) is 28.7 Å². The molecule has 0 radical (unpaired) electrons. The van der Waals surface area contributed by atoms with E-state index in [9.17, 15) is 23.3 Å². The first-order valence-electron chi connectivity index (χ1n) is 10.3. The van der Waals surface area contributed by atoms with E-state index in [1.807, 2.05) is 6.07 Å². The van der Waals surface area contributed by atoms with Gasteiger partial charge in [-0.3, -0.25) is 10.1 Å². The molecule has 0 bridgehead atoms. The number of fused-ring (bicyclic) bond motifs is 1. The van der Waals surface area contributed by atoms with Crippen LogP contribution in [0.4, 0.5) is 30.5 Å². The molecule has 1 unspecified atom stereocenters. The average molecular weight is 525 g/mol. The number of hydrogen-bond donors (Lipinski definition) is 1. The van der Waals surface area contributed by atoms with Crippen LogP contribution in [-0.2, 0) is 6.18 Å². The number of aromatic nitrogens is 3. The fourth-order valence-corrected chi connectivity index (χ4v) is 4.40. The van der Waals surface area contributed by atoms with Crippen molar-refractivity contribution in [3.05, 3.63) is 55.8 Å². The van der Waals surface area contributed by atoms with Gasteiger partial charge in [-0.2, -0.15) is 13.2 Å². The van der Waals surface area contributed by atoms with E-state index >= 15 is 0 Å². The lowest BCUT2D eigenvalue weighted by molar-refractivity contribution is -0.385. The van der Waals surface area contributed by atoms with Crippen LogP contribution in [0.2, 0.25) is 0 Å². The number of pyridine rings is 1. The van der Waals surface area contributed by atoms with E-state index < -0.39 is 28.4 Å². The summed E-state index contributed by atoms with van der Waals surface area (Å²) in [6.45, 7) is 5.11. The van der Waals surface area contributed by atoms with Crippen molar-refractivity contribution in [3.8, 4) is 0 Å². The third-order valence-corrected chi connectivity index (χ3v) is 6.05. The Balaban J connectivity index is 1.73. The molecule has 1 aromatic carbocycles. The van der Waals surface area contributed by atoms with Crippen molar-refractivity contribution >= 4 is 44.3 Å². The van der Waals surface area contributed by atoms with Gasteiger partial charge < -0.3 is 10.2 Å². The number of nitrogens with one attached hydrogen (secondary N) is 1. The van der Waals surface area contributed by atoms with E-state index in [-0.39, 0.29) is 5.56 Å². The first kappa shape index (κ1) is 23.1. The number of non-ortho nitro benzene ring substituents is 1. The molecule has 1 fully saturated rings. The first-order valence-corrected chi connectivity index (χ1v) is 11.0. The molecule has 1 N–H and O–H groups in total. The summed E-state index contributed by atoms with van der Waals surface area (Å²) in [5.41, 5.74) is -1.14. The monoisotopic (exact) mass is 524 g/mol. The van der Waals surface area contributed by atoms with Gasteiger partial charge in [0.15, 0.2) is 5.65 Å². The number of benzene rings is 1. The Morgan fingerprint density at radius 3 is 2.48 bits per heavy atom. The van der Waals surface area contributed by atoms with Gasteiger partial charge in [-0.05, 0) is 60.3 Å². The summed E-state index contributed by atoms with van der Waals surface area (Å²) in [6.07, 6.45) is -2.54. The largest absolute Gasteiger partial charge is 0.416 e. The van der Waals surface area contributed by atoms with Crippen molar-refractivity contribution in [2.45, 2.75) is 38.9 Å². The molecule has 0 spiro atoms. The Labute approximate surface area is 195 Å². The van der Waals surface area contributed by atoms with Gasteiger partial charge in [0.25, 0.3) is 5.69 Å². The minimum Gasteiger partial charge on any atom is -0.363 e. The molecule has 33 heavy (non-hydrogen) atoms. The summed E-state index contributed by atoms with van der Waals surface area (Å²) < 4.78 is 40.6. The number of nitro groups is 1. The maximum absolute atomic E-state index is 13.3. The fraction of sp³-hybridized carbons (Fsp3) is 0.381. The van der Waals surface area contributed by atoms with Crippen LogP contribution in [-0.4, -0.2) is 33.0 Å². The highest BCUT2D eigenvalue weighted by atomic mass is 79.9. The van der Waals surface area contributed by atoms with Crippen LogP contribution in [0.25, 0.3) is 11.0 Å². The number of halogens is 4. The number of rotatable bonds is 5. The van der Waals surface area contributed by atoms with Gasteiger partial charge in [0.05, 0.1) is 26.4 Å². The topological polar surface area (TPSA) is 97.1 Å². The molecule has 2 aromatic heterocycles. The quantitative estimate of drug-likeness (QED) is 0.333. The van der Waals surface area contributed by atoms with E-state index in [1.54, 1.807) is 13.8 Å². The Morgan fingerprint density at radius 1 is 1.15 bits per heavy atom. The molecule has 1 aliphatic heterocycles. The molecule has 3 aromatic rings. The molecule has 174 valence electrons. The molecule has 8 nitrogen and oxygen atoms in total. The summed E-state index contributed by atoms with van der Waals surface area (Å²) in [5, 5.41) is 14.9. The van der Waals surface area contributed by atoms with Crippen LogP contribution in [0.1, 0.15) is 42.8 Å². The first-order chi connectivity index (χ1) is 15.5. The predicted octanol–water partition coefficient (Wildman–Crippen LogP) is 5.80. The standard InChI is InChI=1S/C21H20BrF3N6O2/c1-11(13-7-14(21(23,24)25)9-15(8-13)31(32)33)26-18-16-10-17(22)20(30-5-3-4-6-30)29-19(16)28-12(2)27-18/h7-11H,3-6H2,1-2H3,(H,26,27,28,29). The van der Waals surface area contributed by atoms with Gasteiger partial charge in [-0.1, -0.05) is 0 Å². The summed E-state index contributed by atoms with van der Waals surface area (Å²) >= 11 is 3.56. The number of alkyl halides is 3. The highest BCUT2D eigenvalue weighted by Crippen LogP contribution is 2.36. The third kappa shape index (κ3) is 4.85. The van der Waals surface area contributed by atoms with Crippen LogP contribution in [0.3, 0.4) is 0 Å². The van der Waals surface area contributed by atoms with Gasteiger partial charge in [0.2, 0.25) is 0 Å². The number of nitrogens with zero attached hydrogens (tertiary/aromatic N) is 5. The lowest BCUT2D eigenvalue weighted by Gasteiger charge is -2.20. The van der Waals surface area contributed by atoms with Crippen molar-refractivity contribution in [1.82, 2.24) is 15.0 Å². The van der Waals surface area contributed by atoms with Crippen LogP contribution in [0, 0.1) is 17.0 Å². The maximum atomic E-state index is 13.3. The molecule has 1 atom stereocenters. The zero-order chi connectivity index (χ0) is 23.9. The molecule has 0 amide bonds. The maximum Gasteiger partial charge on any atom is 0.416 e. The number of anilines is 2. The SMILES string of the molecule is Cc1nc(NC(C)c2cc([N+](=O)[O-])cc(C(F)(F)F)c2)c2cc(Br)c(N3CCCC3)nc2n1. The molecular weight excluding hydrogens is 505 g/mol. The molecule has 1 aliphatic rings. The van der Waals surface area contributed by atoms with Gasteiger partial charge in [0.1, 0.15) is 17.5 Å². The Kier molecular flexibility index (Phi) is 6.12. The minimum atomic E-state index is -4.71. The Morgan fingerprint density at radius 2 is 1.85 bits per heavy atom. The van der Waals surface area contributed by atoms with Gasteiger partial charge >= 0.3 is 6.18 Å².